The third-order valence-corrected chi connectivity index (χ3v) is 7.00. The molecule has 0 atom stereocenters. The third kappa shape index (κ3) is 3.93. The molecule has 0 spiro atoms. The summed E-state index contributed by atoms with van der Waals surface area (Å²) in [5.74, 6) is -1.08. The number of ether oxygens (including phenoxy) is 1. The highest BCUT2D eigenvalue weighted by Gasteiger charge is 2.22. The molecule has 2 aromatic heterocycles. The summed E-state index contributed by atoms with van der Waals surface area (Å²) in [5, 5.41) is 13.7. The Kier molecular flexibility index (Phi) is 5.69. The van der Waals surface area contributed by atoms with Gasteiger partial charge in [0.2, 0.25) is 0 Å². The SMILES string of the molecule is N#Cc1c(NC(=O)COC(=O)c2[nH]c3ccccc3c2Br)sc2c1CCCCC2. The molecule has 1 aliphatic carbocycles. The maximum atomic E-state index is 12.4. The first-order valence-corrected chi connectivity index (χ1v) is 11.0. The number of fused-ring (bicyclic) bond motifs is 2. The molecule has 0 aliphatic heterocycles. The van der Waals surface area contributed by atoms with Crippen molar-refractivity contribution in [3.05, 3.63) is 50.4 Å². The number of hydrogen-bond acceptors (Lipinski definition) is 5. The number of nitriles is 1. The number of anilines is 1. The molecule has 0 saturated heterocycles. The average molecular weight is 472 g/mol. The molecule has 6 nitrogen and oxygen atoms in total. The van der Waals surface area contributed by atoms with Crippen molar-refractivity contribution in [2.24, 2.45) is 0 Å². The van der Waals surface area contributed by atoms with Crippen LogP contribution in [-0.4, -0.2) is 23.5 Å². The zero-order valence-electron chi connectivity index (χ0n) is 15.5. The minimum atomic E-state index is -0.620. The zero-order valence-corrected chi connectivity index (χ0v) is 17.9. The maximum absolute atomic E-state index is 12.4. The summed E-state index contributed by atoms with van der Waals surface area (Å²) >= 11 is 4.86. The molecule has 2 N–H and O–H groups in total. The minimum absolute atomic E-state index is 0.263. The lowest BCUT2D eigenvalue weighted by molar-refractivity contribution is -0.119. The van der Waals surface area contributed by atoms with Crippen LogP contribution in [0, 0.1) is 11.3 Å². The van der Waals surface area contributed by atoms with Crippen molar-refractivity contribution in [2.75, 3.05) is 11.9 Å². The van der Waals surface area contributed by atoms with Crippen LogP contribution >= 0.6 is 27.3 Å². The highest BCUT2D eigenvalue weighted by atomic mass is 79.9. The van der Waals surface area contributed by atoms with Crippen LogP contribution in [0.5, 0.6) is 0 Å². The number of nitrogens with one attached hydrogen (secondary N) is 2. The Morgan fingerprint density at radius 3 is 2.83 bits per heavy atom. The Balaban J connectivity index is 1.43. The predicted octanol–water partition coefficient (Wildman–Crippen LogP) is 4.93. The second-order valence-corrected chi connectivity index (χ2v) is 8.76. The molecule has 148 valence electrons. The van der Waals surface area contributed by atoms with Gasteiger partial charge < -0.3 is 15.0 Å². The van der Waals surface area contributed by atoms with Crippen LogP contribution in [0.25, 0.3) is 10.9 Å². The second kappa shape index (κ2) is 8.39. The van der Waals surface area contributed by atoms with Crippen LogP contribution in [0.15, 0.2) is 28.7 Å². The lowest BCUT2D eigenvalue weighted by Crippen LogP contribution is -2.21. The number of halogens is 1. The minimum Gasteiger partial charge on any atom is -0.451 e. The van der Waals surface area contributed by atoms with Gasteiger partial charge in [-0.1, -0.05) is 24.6 Å². The van der Waals surface area contributed by atoms with Gasteiger partial charge in [0.15, 0.2) is 6.61 Å². The summed E-state index contributed by atoms with van der Waals surface area (Å²) in [6.45, 7) is -0.423. The summed E-state index contributed by atoms with van der Waals surface area (Å²) in [6.07, 6.45) is 5.13. The van der Waals surface area contributed by atoms with E-state index in [9.17, 15) is 14.9 Å². The van der Waals surface area contributed by atoms with Crippen molar-refractivity contribution in [3.8, 4) is 6.07 Å². The van der Waals surface area contributed by atoms with E-state index in [0.29, 0.717) is 15.0 Å². The number of aromatic amines is 1. The number of hydrogen-bond donors (Lipinski definition) is 2. The quantitative estimate of drug-likeness (QED) is 0.416. The van der Waals surface area contributed by atoms with Crippen molar-refractivity contribution >= 4 is 55.0 Å². The van der Waals surface area contributed by atoms with E-state index in [1.165, 1.54) is 16.2 Å². The van der Waals surface area contributed by atoms with Gasteiger partial charge in [0.1, 0.15) is 16.8 Å². The molecule has 1 amide bonds. The summed E-state index contributed by atoms with van der Waals surface area (Å²) in [6, 6.07) is 9.70. The number of thiophene rings is 1. The van der Waals surface area contributed by atoms with Crippen LogP contribution in [0.2, 0.25) is 0 Å². The number of carbonyl (C=O) groups is 2. The largest absolute Gasteiger partial charge is 0.451 e. The number of rotatable bonds is 4. The molecule has 0 radical (unpaired) electrons. The predicted molar refractivity (Wildman–Crippen MR) is 115 cm³/mol. The lowest BCUT2D eigenvalue weighted by Gasteiger charge is -2.05. The van der Waals surface area contributed by atoms with Crippen molar-refractivity contribution < 1.29 is 14.3 Å². The summed E-state index contributed by atoms with van der Waals surface area (Å²) in [4.78, 5) is 28.9. The van der Waals surface area contributed by atoms with Gasteiger partial charge in [0, 0.05) is 15.8 Å². The number of nitrogens with zero attached hydrogens (tertiary/aromatic N) is 1. The fraction of sp³-hybridized carbons (Fsp3) is 0.286. The van der Waals surface area contributed by atoms with Crippen LogP contribution in [-0.2, 0) is 22.4 Å². The Morgan fingerprint density at radius 1 is 1.24 bits per heavy atom. The van der Waals surface area contributed by atoms with Crippen LogP contribution < -0.4 is 5.32 Å². The van der Waals surface area contributed by atoms with E-state index in [0.717, 1.165) is 48.6 Å². The molecule has 4 rings (SSSR count). The molecule has 0 unspecified atom stereocenters. The smallest absolute Gasteiger partial charge is 0.356 e. The van der Waals surface area contributed by atoms with Gasteiger partial charge in [-0.15, -0.1) is 11.3 Å². The van der Waals surface area contributed by atoms with E-state index in [1.54, 1.807) is 0 Å². The molecule has 0 bridgehead atoms. The molecule has 3 aromatic rings. The van der Waals surface area contributed by atoms with Crippen LogP contribution in [0.4, 0.5) is 5.00 Å². The first-order valence-electron chi connectivity index (χ1n) is 9.36. The average Bonchev–Trinajstić information content (AvgIpc) is 3.13. The fourth-order valence-electron chi connectivity index (χ4n) is 3.56. The van der Waals surface area contributed by atoms with Gasteiger partial charge in [-0.05, 0) is 53.2 Å². The van der Waals surface area contributed by atoms with E-state index >= 15 is 0 Å². The summed E-state index contributed by atoms with van der Waals surface area (Å²) in [5.41, 5.74) is 2.67. The first kappa shape index (κ1) is 19.7. The van der Waals surface area contributed by atoms with Crippen molar-refractivity contribution in [3.63, 3.8) is 0 Å². The lowest BCUT2D eigenvalue weighted by atomic mass is 10.1. The summed E-state index contributed by atoms with van der Waals surface area (Å²) in [7, 11) is 0. The Bertz CT molecular complexity index is 1140. The number of carbonyl (C=O) groups excluding carboxylic acids is 2. The summed E-state index contributed by atoms with van der Waals surface area (Å²) < 4.78 is 5.78. The molecular formula is C21H18BrN3O3S. The van der Waals surface area contributed by atoms with Crippen molar-refractivity contribution in [1.29, 1.82) is 5.26 Å². The standard InChI is InChI=1S/C21H18BrN3O3S/c22-18-13-7-4-5-8-15(13)24-19(18)21(27)28-11-17(26)25-20-14(10-23)12-6-2-1-3-9-16(12)29-20/h4-5,7-8,24H,1-3,6,9,11H2,(H,25,26). The number of aryl methyl sites for hydroxylation is 1. The monoisotopic (exact) mass is 471 g/mol. The Labute approximate surface area is 180 Å². The van der Waals surface area contributed by atoms with Crippen LogP contribution in [0.3, 0.4) is 0 Å². The molecule has 0 saturated carbocycles. The number of aromatic nitrogens is 1. The molecule has 0 fully saturated rings. The van der Waals surface area contributed by atoms with Gasteiger partial charge in [0.05, 0.1) is 10.0 Å². The second-order valence-electron chi connectivity index (χ2n) is 6.86. The zero-order chi connectivity index (χ0) is 20.4. The molecule has 2 heterocycles. The molecule has 1 aliphatic rings. The van der Waals surface area contributed by atoms with E-state index in [2.05, 4.69) is 32.3 Å². The first-order chi connectivity index (χ1) is 14.1. The Hall–Kier alpha value is -2.63. The van der Waals surface area contributed by atoms with Gasteiger partial charge in [-0.25, -0.2) is 4.79 Å². The van der Waals surface area contributed by atoms with Crippen LogP contribution in [0.1, 0.15) is 45.8 Å². The topological polar surface area (TPSA) is 95.0 Å². The Morgan fingerprint density at radius 2 is 2.03 bits per heavy atom. The molecular weight excluding hydrogens is 454 g/mol. The fourth-order valence-corrected chi connectivity index (χ4v) is 5.43. The van der Waals surface area contributed by atoms with E-state index in [1.807, 2.05) is 24.3 Å². The molecule has 1 aromatic carbocycles. The van der Waals surface area contributed by atoms with E-state index in [4.69, 9.17) is 4.74 Å². The van der Waals surface area contributed by atoms with Gasteiger partial charge in [-0.3, -0.25) is 4.79 Å². The van der Waals surface area contributed by atoms with Gasteiger partial charge >= 0.3 is 5.97 Å². The van der Waals surface area contributed by atoms with Crippen molar-refractivity contribution in [2.45, 2.75) is 32.1 Å². The number of benzene rings is 1. The van der Waals surface area contributed by atoms with Gasteiger partial charge in [0.25, 0.3) is 5.91 Å². The highest BCUT2D eigenvalue weighted by molar-refractivity contribution is 9.10. The maximum Gasteiger partial charge on any atom is 0.356 e. The molecule has 29 heavy (non-hydrogen) atoms. The molecule has 8 heteroatoms. The number of H-pyrrole nitrogens is 1. The number of amides is 1. The van der Waals surface area contributed by atoms with E-state index in [-0.39, 0.29) is 5.69 Å². The normalized spacial score (nSPS) is 13.4. The number of para-hydroxylation sites is 1. The highest BCUT2D eigenvalue weighted by Crippen LogP contribution is 2.37. The van der Waals surface area contributed by atoms with E-state index < -0.39 is 18.5 Å². The van der Waals surface area contributed by atoms with Gasteiger partial charge in [-0.2, -0.15) is 5.26 Å². The third-order valence-electron chi connectivity index (χ3n) is 4.97. The number of esters is 1. The van der Waals surface area contributed by atoms with Crippen molar-refractivity contribution in [1.82, 2.24) is 4.98 Å².